The Morgan fingerprint density at radius 3 is 2.60 bits per heavy atom. The van der Waals surface area contributed by atoms with Crippen LogP contribution < -0.4 is 0 Å². The van der Waals surface area contributed by atoms with Crippen molar-refractivity contribution in [1.82, 2.24) is 4.98 Å². The van der Waals surface area contributed by atoms with Gasteiger partial charge in [-0.2, -0.15) is 0 Å². The van der Waals surface area contributed by atoms with E-state index < -0.39 is 0 Å². The third-order valence-corrected chi connectivity index (χ3v) is 4.63. The minimum absolute atomic E-state index is 0.0170. The van der Waals surface area contributed by atoms with Crippen molar-refractivity contribution in [1.29, 1.82) is 0 Å². The van der Waals surface area contributed by atoms with Crippen molar-refractivity contribution in [3.8, 4) is 0 Å². The fraction of sp³-hybridized carbons (Fsp3) is 0.211. The summed E-state index contributed by atoms with van der Waals surface area (Å²) in [4.78, 5) is 28.2. The van der Waals surface area contributed by atoms with Gasteiger partial charge in [-0.25, -0.2) is 14.2 Å². The van der Waals surface area contributed by atoms with E-state index in [0.29, 0.717) is 22.7 Å². The van der Waals surface area contributed by atoms with Gasteiger partial charge in [0.05, 0.1) is 28.8 Å². The molecule has 2 aromatic carbocycles. The molecule has 0 spiro atoms. The summed E-state index contributed by atoms with van der Waals surface area (Å²) in [5.74, 6) is -0.666. The van der Waals surface area contributed by atoms with Crippen molar-refractivity contribution in [3.05, 3.63) is 64.4 Å². The van der Waals surface area contributed by atoms with E-state index in [4.69, 9.17) is 4.74 Å². The second-order valence-electron chi connectivity index (χ2n) is 5.53. The van der Waals surface area contributed by atoms with Crippen LogP contribution in [0.15, 0.2) is 42.5 Å². The van der Waals surface area contributed by atoms with Gasteiger partial charge in [0.15, 0.2) is 0 Å². The number of nitrogens with zero attached hydrogens (tertiary/aromatic N) is 1. The number of fused-ring (bicyclic) bond motifs is 1. The molecule has 0 saturated carbocycles. The van der Waals surface area contributed by atoms with Gasteiger partial charge in [-0.3, -0.25) is 4.79 Å². The molecule has 128 valence electrons. The molecule has 0 saturated heterocycles. The Kier molecular flexibility index (Phi) is 5.19. The summed E-state index contributed by atoms with van der Waals surface area (Å²) >= 11 is 1.33. The molecule has 3 aromatic rings. The smallest absolute Gasteiger partial charge is 0.338 e. The molecule has 4 nitrogen and oxygen atoms in total. The van der Waals surface area contributed by atoms with Crippen LogP contribution in [0.3, 0.4) is 0 Å². The highest BCUT2D eigenvalue weighted by Crippen LogP contribution is 2.23. The standard InChI is InChI=1S/C19H16FNO3S/c1-2-24-19(23)13-5-3-12(4-6-13)9-15(22)11-18-21-16-8-7-14(20)10-17(16)25-18/h3-8,10H,2,9,11H2,1H3. The predicted molar refractivity (Wildman–Crippen MR) is 94.4 cm³/mol. The lowest BCUT2D eigenvalue weighted by Crippen LogP contribution is -2.07. The number of benzene rings is 2. The predicted octanol–water partition coefficient (Wildman–Crippen LogP) is 3.97. The second kappa shape index (κ2) is 7.53. The van der Waals surface area contributed by atoms with Crippen LogP contribution in [0.2, 0.25) is 0 Å². The highest BCUT2D eigenvalue weighted by Gasteiger charge is 2.11. The summed E-state index contributed by atoms with van der Waals surface area (Å²) in [7, 11) is 0. The van der Waals surface area contributed by atoms with Gasteiger partial charge in [0.2, 0.25) is 0 Å². The molecule has 3 rings (SSSR count). The van der Waals surface area contributed by atoms with Gasteiger partial charge >= 0.3 is 5.97 Å². The molecule has 0 bridgehead atoms. The average molecular weight is 357 g/mol. The molecule has 1 heterocycles. The number of ether oxygens (including phenoxy) is 1. The number of aromatic nitrogens is 1. The van der Waals surface area contributed by atoms with Crippen molar-refractivity contribution in [2.75, 3.05) is 6.61 Å². The topological polar surface area (TPSA) is 56.3 Å². The first kappa shape index (κ1) is 17.2. The van der Waals surface area contributed by atoms with E-state index in [-0.39, 0.29) is 30.4 Å². The quantitative estimate of drug-likeness (QED) is 0.627. The van der Waals surface area contributed by atoms with Crippen molar-refractivity contribution in [2.45, 2.75) is 19.8 Å². The Morgan fingerprint density at radius 2 is 1.88 bits per heavy atom. The maximum Gasteiger partial charge on any atom is 0.338 e. The van der Waals surface area contributed by atoms with Crippen molar-refractivity contribution < 1.29 is 18.7 Å². The number of carbonyl (C=O) groups is 2. The minimum atomic E-state index is -0.373. The van der Waals surface area contributed by atoms with E-state index in [2.05, 4.69) is 4.98 Å². The summed E-state index contributed by atoms with van der Waals surface area (Å²) in [5, 5.41) is 0.675. The van der Waals surface area contributed by atoms with Crippen molar-refractivity contribution in [3.63, 3.8) is 0 Å². The van der Waals surface area contributed by atoms with E-state index in [0.717, 1.165) is 10.3 Å². The van der Waals surface area contributed by atoms with Crippen LogP contribution in [0.25, 0.3) is 10.2 Å². The van der Waals surface area contributed by atoms with Crippen LogP contribution in [0, 0.1) is 5.82 Å². The number of hydrogen-bond donors (Lipinski definition) is 0. The normalized spacial score (nSPS) is 10.8. The Hall–Kier alpha value is -2.60. The molecule has 0 unspecified atom stereocenters. The Balaban J connectivity index is 1.64. The van der Waals surface area contributed by atoms with Crippen LogP contribution in [0.5, 0.6) is 0 Å². The van der Waals surface area contributed by atoms with Crippen molar-refractivity contribution in [2.24, 2.45) is 0 Å². The number of carbonyl (C=O) groups excluding carboxylic acids is 2. The van der Waals surface area contributed by atoms with Gasteiger partial charge in [0.25, 0.3) is 0 Å². The summed E-state index contributed by atoms with van der Waals surface area (Å²) in [6.45, 7) is 2.08. The first-order chi connectivity index (χ1) is 12.0. The van der Waals surface area contributed by atoms with Gasteiger partial charge in [-0.05, 0) is 42.8 Å². The second-order valence-corrected chi connectivity index (χ2v) is 6.64. The number of hydrogen-bond acceptors (Lipinski definition) is 5. The van der Waals surface area contributed by atoms with E-state index in [1.54, 1.807) is 37.3 Å². The Labute approximate surface area is 148 Å². The molecule has 0 aliphatic carbocycles. The molecule has 0 aliphatic rings. The lowest BCUT2D eigenvalue weighted by molar-refractivity contribution is -0.117. The summed E-state index contributed by atoms with van der Waals surface area (Å²) in [6, 6.07) is 11.2. The van der Waals surface area contributed by atoms with Gasteiger partial charge in [-0.1, -0.05) is 12.1 Å². The van der Waals surface area contributed by atoms with Crippen LogP contribution in [0.1, 0.15) is 27.9 Å². The number of esters is 1. The van der Waals surface area contributed by atoms with Crippen LogP contribution >= 0.6 is 11.3 Å². The molecule has 0 aliphatic heterocycles. The van der Waals surface area contributed by atoms with E-state index in [1.165, 1.54) is 23.5 Å². The molecule has 6 heteroatoms. The highest BCUT2D eigenvalue weighted by molar-refractivity contribution is 7.18. The zero-order chi connectivity index (χ0) is 17.8. The Bertz CT molecular complexity index is 918. The number of thiazole rings is 1. The first-order valence-corrected chi connectivity index (χ1v) is 8.69. The zero-order valence-electron chi connectivity index (χ0n) is 13.6. The van der Waals surface area contributed by atoms with Crippen LogP contribution in [-0.4, -0.2) is 23.3 Å². The molecule has 25 heavy (non-hydrogen) atoms. The Morgan fingerprint density at radius 1 is 1.12 bits per heavy atom. The lowest BCUT2D eigenvalue weighted by atomic mass is 10.1. The van der Waals surface area contributed by atoms with Gasteiger partial charge in [-0.15, -0.1) is 11.3 Å². The SMILES string of the molecule is CCOC(=O)c1ccc(CC(=O)Cc2nc3ccc(F)cc3s2)cc1. The summed E-state index contributed by atoms with van der Waals surface area (Å²) < 4.78 is 18.9. The number of rotatable bonds is 6. The van der Waals surface area contributed by atoms with E-state index in [9.17, 15) is 14.0 Å². The summed E-state index contributed by atoms with van der Waals surface area (Å²) in [5.41, 5.74) is 1.99. The van der Waals surface area contributed by atoms with E-state index in [1.807, 2.05) is 0 Å². The maximum absolute atomic E-state index is 13.2. The molecular formula is C19H16FNO3S. The molecule has 0 atom stereocenters. The van der Waals surface area contributed by atoms with Crippen LogP contribution in [-0.2, 0) is 22.4 Å². The molecule has 0 radical (unpaired) electrons. The minimum Gasteiger partial charge on any atom is -0.462 e. The molecule has 0 fully saturated rings. The monoisotopic (exact) mass is 357 g/mol. The molecule has 0 N–H and O–H groups in total. The third kappa shape index (κ3) is 4.28. The molecule has 1 aromatic heterocycles. The number of Topliss-reactive ketones (excluding diaryl/α,β-unsaturated/α-hetero) is 1. The fourth-order valence-corrected chi connectivity index (χ4v) is 3.47. The fourth-order valence-electron chi connectivity index (χ4n) is 2.45. The number of ketones is 1. The van der Waals surface area contributed by atoms with Gasteiger partial charge in [0.1, 0.15) is 16.6 Å². The van der Waals surface area contributed by atoms with E-state index >= 15 is 0 Å². The first-order valence-electron chi connectivity index (χ1n) is 7.88. The van der Waals surface area contributed by atoms with Crippen LogP contribution in [0.4, 0.5) is 4.39 Å². The molecular weight excluding hydrogens is 341 g/mol. The van der Waals surface area contributed by atoms with Crippen molar-refractivity contribution >= 4 is 33.3 Å². The lowest BCUT2D eigenvalue weighted by Gasteiger charge is -2.03. The maximum atomic E-state index is 13.2. The third-order valence-electron chi connectivity index (χ3n) is 3.61. The highest BCUT2D eigenvalue weighted by atomic mass is 32.1. The molecule has 0 amide bonds. The summed E-state index contributed by atoms with van der Waals surface area (Å²) in [6.07, 6.45) is 0.466. The largest absolute Gasteiger partial charge is 0.462 e. The van der Waals surface area contributed by atoms with Gasteiger partial charge < -0.3 is 4.74 Å². The number of halogens is 1. The average Bonchev–Trinajstić information content (AvgIpc) is 2.96. The zero-order valence-corrected chi connectivity index (χ0v) is 14.4. The van der Waals surface area contributed by atoms with Gasteiger partial charge in [0, 0.05) is 6.42 Å².